The molecule has 0 aliphatic rings. The number of carbonyl (C=O) groups is 1. The number of nitrogens with one attached hydrogen (secondary N) is 1. The minimum absolute atomic E-state index is 0.0427. The van der Waals surface area contributed by atoms with Gasteiger partial charge in [0.2, 0.25) is 0 Å². The van der Waals surface area contributed by atoms with Gasteiger partial charge in [-0.2, -0.15) is 0 Å². The van der Waals surface area contributed by atoms with Crippen LogP contribution < -0.4 is 0 Å². The summed E-state index contributed by atoms with van der Waals surface area (Å²) in [4.78, 5) is 14.9. The fraction of sp³-hybridized carbons (Fsp3) is 0.0625. The summed E-state index contributed by atoms with van der Waals surface area (Å²) in [5.41, 5.74) is 3.17. The standard InChI is InChI=1S/C16H13NO/c1-2-12(18)10-11-6-5-8-14-13-7-3-4-9-15(13)17-16(11)14/h2-9,17H,1,10H2. The minimum atomic E-state index is 0.0427. The molecule has 2 aromatic carbocycles. The summed E-state index contributed by atoms with van der Waals surface area (Å²) in [6, 6.07) is 14.2. The van der Waals surface area contributed by atoms with Gasteiger partial charge in [-0.1, -0.05) is 43.0 Å². The van der Waals surface area contributed by atoms with Crippen LogP contribution in [0.4, 0.5) is 0 Å². The van der Waals surface area contributed by atoms with Gasteiger partial charge in [0.1, 0.15) is 0 Å². The summed E-state index contributed by atoms with van der Waals surface area (Å²) in [5.74, 6) is 0.0427. The molecule has 0 amide bonds. The largest absolute Gasteiger partial charge is 0.354 e. The van der Waals surface area contributed by atoms with E-state index in [1.165, 1.54) is 16.8 Å². The number of hydrogen-bond donors (Lipinski definition) is 1. The molecule has 0 atom stereocenters. The second-order valence-electron chi connectivity index (χ2n) is 4.36. The van der Waals surface area contributed by atoms with Gasteiger partial charge in [-0.15, -0.1) is 0 Å². The number of aromatic nitrogens is 1. The smallest absolute Gasteiger partial charge is 0.159 e. The third-order valence-electron chi connectivity index (χ3n) is 3.22. The number of para-hydroxylation sites is 2. The van der Waals surface area contributed by atoms with Gasteiger partial charge in [0, 0.05) is 22.7 Å². The Hall–Kier alpha value is -2.35. The number of carbonyl (C=O) groups excluding carboxylic acids is 1. The SMILES string of the molecule is C=CC(=O)Cc1cccc2c1[nH]c1ccccc12. The predicted octanol–water partition coefficient (Wildman–Crippen LogP) is 3.62. The van der Waals surface area contributed by atoms with E-state index >= 15 is 0 Å². The molecule has 0 fully saturated rings. The van der Waals surface area contributed by atoms with Crippen LogP contribution in [-0.4, -0.2) is 10.8 Å². The number of aromatic amines is 1. The van der Waals surface area contributed by atoms with Crippen LogP contribution in [0, 0.1) is 0 Å². The molecule has 0 bridgehead atoms. The molecular formula is C16H13NO. The van der Waals surface area contributed by atoms with E-state index < -0.39 is 0 Å². The van der Waals surface area contributed by atoms with E-state index in [1.54, 1.807) is 0 Å². The first-order valence-electron chi connectivity index (χ1n) is 5.93. The van der Waals surface area contributed by atoms with Crippen molar-refractivity contribution in [3.05, 3.63) is 60.7 Å². The first kappa shape index (κ1) is 10.8. The van der Waals surface area contributed by atoms with Crippen molar-refractivity contribution < 1.29 is 4.79 Å². The van der Waals surface area contributed by atoms with Gasteiger partial charge in [-0.25, -0.2) is 0 Å². The van der Waals surface area contributed by atoms with Crippen LogP contribution in [0.15, 0.2) is 55.1 Å². The molecule has 0 saturated carbocycles. The highest BCUT2D eigenvalue weighted by atomic mass is 16.1. The topological polar surface area (TPSA) is 32.9 Å². The van der Waals surface area contributed by atoms with Crippen molar-refractivity contribution in [2.75, 3.05) is 0 Å². The first-order valence-corrected chi connectivity index (χ1v) is 5.93. The lowest BCUT2D eigenvalue weighted by Crippen LogP contribution is -1.98. The highest BCUT2D eigenvalue weighted by Crippen LogP contribution is 2.27. The Balaban J connectivity index is 2.27. The van der Waals surface area contributed by atoms with Crippen molar-refractivity contribution in [1.82, 2.24) is 4.98 Å². The van der Waals surface area contributed by atoms with E-state index in [-0.39, 0.29) is 5.78 Å². The van der Waals surface area contributed by atoms with Gasteiger partial charge < -0.3 is 4.98 Å². The molecule has 1 aromatic heterocycles. The quantitative estimate of drug-likeness (QED) is 0.691. The maximum absolute atomic E-state index is 11.5. The predicted molar refractivity (Wildman–Crippen MR) is 74.7 cm³/mol. The van der Waals surface area contributed by atoms with Crippen LogP contribution in [0.3, 0.4) is 0 Å². The second kappa shape index (κ2) is 4.15. The minimum Gasteiger partial charge on any atom is -0.354 e. The Morgan fingerprint density at radius 3 is 2.72 bits per heavy atom. The van der Waals surface area contributed by atoms with Crippen LogP contribution in [0.5, 0.6) is 0 Å². The van der Waals surface area contributed by atoms with Crippen LogP contribution in [-0.2, 0) is 11.2 Å². The third kappa shape index (κ3) is 1.63. The molecule has 0 radical (unpaired) electrons. The lowest BCUT2D eigenvalue weighted by molar-refractivity contribution is -0.113. The van der Waals surface area contributed by atoms with Gasteiger partial charge in [-0.05, 0) is 17.7 Å². The van der Waals surface area contributed by atoms with Gasteiger partial charge in [-0.3, -0.25) is 4.79 Å². The lowest BCUT2D eigenvalue weighted by atomic mass is 10.0. The normalized spacial score (nSPS) is 10.9. The van der Waals surface area contributed by atoms with Gasteiger partial charge in [0.05, 0.1) is 5.52 Å². The van der Waals surface area contributed by atoms with Crippen molar-refractivity contribution in [3.63, 3.8) is 0 Å². The summed E-state index contributed by atoms with van der Waals surface area (Å²) < 4.78 is 0. The average molecular weight is 235 g/mol. The third-order valence-corrected chi connectivity index (χ3v) is 3.22. The molecule has 88 valence electrons. The zero-order chi connectivity index (χ0) is 12.5. The van der Waals surface area contributed by atoms with E-state index in [1.807, 2.05) is 24.3 Å². The number of allylic oxidation sites excluding steroid dienone is 1. The molecule has 3 rings (SSSR count). The van der Waals surface area contributed by atoms with Crippen molar-refractivity contribution >= 4 is 27.6 Å². The van der Waals surface area contributed by atoms with Gasteiger partial charge in [0.15, 0.2) is 5.78 Å². The summed E-state index contributed by atoms with van der Waals surface area (Å²) in [6.45, 7) is 3.52. The lowest BCUT2D eigenvalue weighted by Gasteiger charge is -2.00. The molecule has 0 spiro atoms. The van der Waals surface area contributed by atoms with Crippen molar-refractivity contribution in [2.24, 2.45) is 0 Å². The van der Waals surface area contributed by atoms with Crippen LogP contribution >= 0.6 is 0 Å². The van der Waals surface area contributed by atoms with Crippen LogP contribution in [0.1, 0.15) is 5.56 Å². The number of fused-ring (bicyclic) bond motifs is 3. The van der Waals surface area contributed by atoms with Crippen molar-refractivity contribution in [2.45, 2.75) is 6.42 Å². The molecule has 0 unspecified atom stereocenters. The van der Waals surface area contributed by atoms with Crippen molar-refractivity contribution in [1.29, 1.82) is 0 Å². The van der Waals surface area contributed by atoms with Gasteiger partial charge >= 0.3 is 0 Å². The Kier molecular flexibility index (Phi) is 2.49. The Morgan fingerprint density at radius 2 is 1.89 bits per heavy atom. The van der Waals surface area contributed by atoms with E-state index in [0.717, 1.165) is 16.6 Å². The van der Waals surface area contributed by atoms with E-state index in [0.29, 0.717) is 6.42 Å². The summed E-state index contributed by atoms with van der Waals surface area (Å²) in [7, 11) is 0. The Morgan fingerprint density at radius 1 is 1.11 bits per heavy atom. The zero-order valence-electron chi connectivity index (χ0n) is 9.94. The molecule has 1 heterocycles. The maximum atomic E-state index is 11.5. The van der Waals surface area contributed by atoms with Crippen LogP contribution in [0.2, 0.25) is 0 Å². The molecule has 18 heavy (non-hydrogen) atoms. The van der Waals surface area contributed by atoms with Crippen LogP contribution in [0.25, 0.3) is 21.8 Å². The summed E-state index contributed by atoms with van der Waals surface area (Å²) in [5, 5.41) is 2.36. The highest BCUT2D eigenvalue weighted by molar-refractivity contribution is 6.09. The average Bonchev–Trinajstić information content (AvgIpc) is 2.78. The summed E-state index contributed by atoms with van der Waals surface area (Å²) >= 11 is 0. The molecule has 2 nitrogen and oxygen atoms in total. The number of H-pyrrole nitrogens is 1. The fourth-order valence-corrected chi connectivity index (χ4v) is 2.34. The van der Waals surface area contributed by atoms with Gasteiger partial charge in [0.25, 0.3) is 0 Å². The number of ketones is 1. The molecule has 0 aliphatic heterocycles. The first-order chi connectivity index (χ1) is 8.79. The molecule has 3 aromatic rings. The molecular weight excluding hydrogens is 222 g/mol. The second-order valence-corrected chi connectivity index (χ2v) is 4.36. The monoisotopic (exact) mass is 235 g/mol. The Bertz CT molecular complexity index is 752. The molecule has 0 aliphatic carbocycles. The van der Waals surface area contributed by atoms with E-state index in [2.05, 4.69) is 29.8 Å². The zero-order valence-corrected chi connectivity index (χ0v) is 9.94. The number of rotatable bonds is 3. The fourth-order valence-electron chi connectivity index (χ4n) is 2.34. The van der Waals surface area contributed by atoms with E-state index in [9.17, 15) is 4.79 Å². The molecule has 0 saturated heterocycles. The molecule has 2 heteroatoms. The van der Waals surface area contributed by atoms with E-state index in [4.69, 9.17) is 0 Å². The number of hydrogen-bond acceptors (Lipinski definition) is 1. The Labute approximate surface area is 105 Å². The number of benzene rings is 2. The molecule has 1 N–H and O–H groups in total. The maximum Gasteiger partial charge on any atom is 0.159 e. The summed E-state index contributed by atoms with van der Waals surface area (Å²) in [6.07, 6.45) is 1.77. The highest BCUT2D eigenvalue weighted by Gasteiger charge is 2.08. The van der Waals surface area contributed by atoms with Crippen molar-refractivity contribution in [3.8, 4) is 0 Å².